The van der Waals surface area contributed by atoms with E-state index in [1.165, 1.54) is 22.6 Å². The third-order valence-electron chi connectivity index (χ3n) is 1.62. The number of hydrogen-bond donors (Lipinski definition) is 0. The first-order valence-corrected chi connectivity index (χ1v) is 4.21. The van der Waals surface area contributed by atoms with Crippen molar-refractivity contribution in [1.82, 2.24) is 0 Å². The summed E-state index contributed by atoms with van der Waals surface area (Å²) >= 11 is 1.34. The Morgan fingerprint density at radius 3 is 2.42 bits per heavy atom. The summed E-state index contributed by atoms with van der Waals surface area (Å²) in [6, 6.07) is 0. The van der Waals surface area contributed by atoms with Crippen LogP contribution in [0, 0.1) is 0 Å². The van der Waals surface area contributed by atoms with Gasteiger partial charge in [-0.1, -0.05) is 22.6 Å². The van der Waals surface area contributed by atoms with Crippen LogP contribution in [0.4, 0.5) is 17.6 Å². The van der Waals surface area contributed by atoms with Crippen LogP contribution in [0.2, 0.25) is 0 Å². The molecule has 12 heavy (non-hydrogen) atoms. The van der Waals surface area contributed by atoms with Gasteiger partial charge in [-0.15, -0.1) is 0 Å². The number of alkyl halides is 2. The van der Waals surface area contributed by atoms with Crippen LogP contribution >= 0.6 is 22.6 Å². The van der Waals surface area contributed by atoms with Crippen molar-refractivity contribution in [2.24, 2.45) is 0 Å². The second-order valence-electron chi connectivity index (χ2n) is 2.63. The molecular weight excluding hydrogens is 287 g/mol. The lowest BCUT2D eigenvalue weighted by Gasteiger charge is -2.26. The molecule has 0 nitrogen and oxygen atoms in total. The molecule has 0 aromatic rings. The van der Waals surface area contributed by atoms with Gasteiger partial charge < -0.3 is 0 Å². The van der Waals surface area contributed by atoms with E-state index >= 15 is 0 Å². The van der Waals surface area contributed by atoms with Gasteiger partial charge in [0.2, 0.25) is 0 Å². The first-order valence-electron chi connectivity index (χ1n) is 3.13. The van der Waals surface area contributed by atoms with E-state index in [1.54, 1.807) is 0 Å². The molecule has 0 amide bonds. The number of halogens is 5. The molecular formula is C7H5F4I. The van der Waals surface area contributed by atoms with E-state index < -0.39 is 27.1 Å². The van der Waals surface area contributed by atoms with Crippen LogP contribution in [0.1, 0.15) is 6.92 Å². The fraction of sp³-hybridized carbons (Fsp3) is 0.429. The number of rotatable bonds is 0. The summed E-state index contributed by atoms with van der Waals surface area (Å²) < 4.78 is 49.0. The average molecular weight is 292 g/mol. The third-order valence-corrected chi connectivity index (χ3v) is 2.64. The van der Waals surface area contributed by atoms with Crippen molar-refractivity contribution >= 4 is 22.6 Å². The monoisotopic (exact) mass is 292 g/mol. The Morgan fingerprint density at radius 1 is 1.42 bits per heavy atom. The molecule has 2 unspecified atom stereocenters. The van der Waals surface area contributed by atoms with Crippen LogP contribution in [-0.2, 0) is 0 Å². The zero-order valence-corrected chi connectivity index (χ0v) is 8.20. The van der Waals surface area contributed by atoms with E-state index in [-0.39, 0.29) is 6.08 Å². The highest BCUT2D eigenvalue weighted by molar-refractivity contribution is 14.1. The van der Waals surface area contributed by atoms with E-state index in [2.05, 4.69) is 0 Å². The lowest BCUT2D eigenvalue weighted by molar-refractivity contribution is 0.262. The maximum Gasteiger partial charge on any atom is 0.172 e. The minimum atomic E-state index is -2.11. The molecule has 68 valence electrons. The first-order chi connectivity index (χ1) is 5.37. The third kappa shape index (κ3) is 1.38. The molecule has 1 aliphatic rings. The van der Waals surface area contributed by atoms with Gasteiger partial charge in [-0.2, -0.15) is 0 Å². The molecule has 2 atom stereocenters. The lowest BCUT2D eigenvalue weighted by Crippen LogP contribution is -2.33. The van der Waals surface area contributed by atoms with E-state index in [1.807, 2.05) is 0 Å². The highest BCUT2D eigenvalue weighted by Crippen LogP contribution is 2.43. The highest BCUT2D eigenvalue weighted by atomic mass is 127. The van der Waals surface area contributed by atoms with Crippen LogP contribution in [0.15, 0.2) is 23.6 Å². The SMILES string of the molecule is CC1(I)C(F)=C(F)C=C(F)C1F. The molecule has 0 aliphatic heterocycles. The molecule has 0 heterocycles. The lowest BCUT2D eigenvalue weighted by atomic mass is 9.98. The molecule has 1 rings (SSSR count). The first kappa shape index (κ1) is 10.0. The van der Waals surface area contributed by atoms with Crippen molar-refractivity contribution in [1.29, 1.82) is 0 Å². The number of hydrogen-bond acceptors (Lipinski definition) is 0. The molecule has 1 aliphatic carbocycles. The second kappa shape index (κ2) is 3.01. The Hall–Kier alpha value is -0.0700. The summed E-state index contributed by atoms with van der Waals surface area (Å²) in [7, 11) is 0. The molecule has 0 aromatic carbocycles. The van der Waals surface area contributed by atoms with Gasteiger partial charge in [0.1, 0.15) is 9.25 Å². The maximum absolute atomic E-state index is 12.9. The standard InChI is InChI=1S/C7H5F4I/c1-7(12)5(10)3(8)2-4(9)6(7)11/h2,5H,1H3. The average Bonchev–Trinajstić information content (AvgIpc) is 1.99. The Kier molecular flexibility index (Phi) is 2.51. The Morgan fingerprint density at radius 2 is 1.92 bits per heavy atom. The predicted octanol–water partition coefficient (Wildman–Crippen LogP) is 3.54. The fourth-order valence-electron chi connectivity index (χ4n) is 0.861. The van der Waals surface area contributed by atoms with Gasteiger partial charge in [0.05, 0.1) is 0 Å². The van der Waals surface area contributed by atoms with Crippen LogP contribution in [0.5, 0.6) is 0 Å². The van der Waals surface area contributed by atoms with E-state index in [0.29, 0.717) is 0 Å². The van der Waals surface area contributed by atoms with Gasteiger partial charge in [-0.3, -0.25) is 0 Å². The van der Waals surface area contributed by atoms with Crippen molar-refractivity contribution in [3.63, 3.8) is 0 Å². The van der Waals surface area contributed by atoms with Crippen molar-refractivity contribution in [2.75, 3.05) is 0 Å². The topological polar surface area (TPSA) is 0 Å². The van der Waals surface area contributed by atoms with Gasteiger partial charge in [0.25, 0.3) is 0 Å². The fourth-order valence-corrected chi connectivity index (χ4v) is 1.42. The molecule has 0 fully saturated rings. The predicted molar refractivity (Wildman–Crippen MR) is 45.8 cm³/mol. The molecule has 0 spiro atoms. The van der Waals surface area contributed by atoms with Gasteiger partial charge in [-0.05, 0) is 6.92 Å². The van der Waals surface area contributed by atoms with Crippen LogP contribution < -0.4 is 0 Å². The molecule has 0 N–H and O–H groups in total. The molecule has 5 heteroatoms. The molecule has 0 saturated heterocycles. The highest BCUT2D eigenvalue weighted by Gasteiger charge is 2.44. The van der Waals surface area contributed by atoms with Gasteiger partial charge >= 0.3 is 0 Å². The molecule has 0 aromatic heterocycles. The Labute approximate surface area is 80.5 Å². The van der Waals surface area contributed by atoms with Crippen LogP contribution in [0.25, 0.3) is 0 Å². The minimum Gasteiger partial charge on any atom is -0.238 e. The zero-order valence-electron chi connectivity index (χ0n) is 6.04. The number of allylic oxidation sites excluding steroid dienone is 4. The van der Waals surface area contributed by atoms with E-state index in [4.69, 9.17) is 0 Å². The van der Waals surface area contributed by atoms with Gasteiger partial charge in [0, 0.05) is 6.08 Å². The summed E-state index contributed by atoms with van der Waals surface area (Å²) in [5.74, 6) is -3.86. The summed E-state index contributed by atoms with van der Waals surface area (Å²) in [5, 5.41) is 0. The summed E-state index contributed by atoms with van der Waals surface area (Å²) in [6.45, 7) is 1.10. The van der Waals surface area contributed by atoms with Crippen molar-refractivity contribution in [3.8, 4) is 0 Å². The summed E-state index contributed by atoms with van der Waals surface area (Å²) in [4.78, 5) is 0. The van der Waals surface area contributed by atoms with Gasteiger partial charge in [-0.25, -0.2) is 17.6 Å². The molecule has 0 bridgehead atoms. The second-order valence-corrected chi connectivity index (χ2v) is 4.87. The van der Waals surface area contributed by atoms with Crippen LogP contribution in [0.3, 0.4) is 0 Å². The minimum absolute atomic E-state index is 0.237. The van der Waals surface area contributed by atoms with Crippen molar-refractivity contribution in [3.05, 3.63) is 23.6 Å². The molecule has 0 radical (unpaired) electrons. The van der Waals surface area contributed by atoms with E-state index in [0.717, 1.165) is 6.92 Å². The van der Waals surface area contributed by atoms with Gasteiger partial charge in [0.15, 0.2) is 17.8 Å². The molecule has 0 saturated carbocycles. The zero-order chi connectivity index (χ0) is 9.52. The smallest absolute Gasteiger partial charge is 0.172 e. The maximum atomic E-state index is 12.9. The summed E-state index contributed by atoms with van der Waals surface area (Å²) in [6.07, 6.45) is -1.88. The normalized spacial score (nSPS) is 36.8. The Balaban J connectivity index is 3.18. The van der Waals surface area contributed by atoms with Crippen molar-refractivity contribution in [2.45, 2.75) is 16.5 Å². The summed E-state index contributed by atoms with van der Waals surface area (Å²) in [5.41, 5.74) is 0. The van der Waals surface area contributed by atoms with E-state index in [9.17, 15) is 17.6 Å². The van der Waals surface area contributed by atoms with Crippen LogP contribution in [-0.4, -0.2) is 9.59 Å². The quantitative estimate of drug-likeness (QED) is 0.364. The van der Waals surface area contributed by atoms with Crippen molar-refractivity contribution < 1.29 is 17.6 Å². The Bertz CT molecular complexity index is 267. The largest absolute Gasteiger partial charge is 0.238 e.